The van der Waals surface area contributed by atoms with Gasteiger partial charge < -0.3 is 10.0 Å². The van der Waals surface area contributed by atoms with Gasteiger partial charge in [0.2, 0.25) is 0 Å². The summed E-state index contributed by atoms with van der Waals surface area (Å²) >= 11 is 0. The van der Waals surface area contributed by atoms with Crippen molar-refractivity contribution >= 4 is 0 Å². The summed E-state index contributed by atoms with van der Waals surface area (Å²) in [5.74, 6) is 0. The van der Waals surface area contributed by atoms with Gasteiger partial charge in [-0.3, -0.25) is 4.90 Å². The normalized spacial score (nSPS) is 30.0. The lowest BCUT2D eigenvalue weighted by atomic mass is 10.1. The van der Waals surface area contributed by atoms with Crippen LogP contribution in [0.15, 0.2) is 0 Å². The van der Waals surface area contributed by atoms with Gasteiger partial charge in [0.15, 0.2) is 0 Å². The molecule has 2 unspecified atom stereocenters. The molecule has 2 atom stereocenters. The molecule has 0 aromatic carbocycles. The molecule has 3 heteroatoms. The van der Waals surface area contributed by atoms with E-state index in [0.29, 0.717) is 12.6 Å². The molecule has 0 aromatic heterocycles. The second-order valence-electron chi connectivity index (χ2n) is 6.30. The number of hydrogen-bond acceptors (Lipinski definition) is 3. The summed E-state index contributed by atoms with van der Waals surface area (Å²) in [6.45, 7) is 8.84. The van der Waals surface area contributed by atoms with Gasteiger partial charge in [-0.25, -0.2) is 0 Å². The molecule has 2 heterocycles. The molecular weight excluding hydrogens is 224 g/mol. The molecule has 3 nitrogen and oxygen atoms in total. The minimum absolute atomic E-state index is 0.353. The van der Waals surface area contributed by atoms with Gasteiger partial charge in [0.05, 0.1) is 0 Å². The molecule has 2 rings (SSSR count). The molecule has 0 amide bonds. The van der Waals surface area contributed by atoms with Crippen LogP contribution >= 0.6 is 0 Å². The number of hydrogen-bond donors (Lipinski definition) is 1. The smallest absolute Gasteiger partial charge is 0.0431 e. The van der Waals surface area contributed by atoms with Gasteiger partial charge in [-0.15, -0.1) is 0 Å². The van der Waals surface area contributed by atoms with Crippen molar-refractivity contribution in [2.75, 3.05) is 26.2 Å². The molecule has 0 aliphatic carbocycles. The Hall–Kier alpha value is -0.120. The summed E-state index contributed by atoms with van der Waals surface area (Å²) in [7, 11) is 0. The van der Waals surface area contributed by atoms with E-state index in [-0.39, 0.29) is 0 Å². The summed E-state index contributed by atoms with van der Waals surface area (Å²) in [5.41, 5.74) is 0. The summed E-state index contributed by atoms with van der Waals surface area (Å²) in [6.07, 6.45) is 7.57. The Labute approximate surface area is 112 Å². The van der Waals surface area contributed by atoms with Crippen molar-refractivity contribution in [3.05, 3.63) is 0 Å². The zero-order valence-corrected chi connectivity index (χ0v) is 12.1. The van der Waals surface area contributed by atoms with Crippen LogP contribution in [0.25, 0.3) is 0 Å². The minimum Gasteiger partial charge on any atom is -0.396 e. The van der Waals surface area contributed by atoms with Gasteiger partial charge in [0.1, 0.15) is 0 Å². The second-order valence-corrected chi connectivity index (χ2v) is 6.30. The third-order valence-electron chi connectivity index (χ3n) is 4.65. The molecule has 1 N–H and O–H groups in total. The first-order valence-electron chi connectivity index (χ1n) is 7.83. The fourth-order valence-electron chi connectivity index (χ4n) is 3.85. The predicted molar refractivity (Wildman–Crippen MR) is 75.8 cm³/mol. The van der Waals surface area contributed by atoms with Crippen LogP contribution in [0.1, 0.15) is 52.4 Å². The van der Waals surface area contributed by atoms with E-state index in [1.807, 2.05) is 0 Å². The molecule has 106 valence electrons. The lowest BCUT2D eigenvalue weighted by Crippen LogP contribution is -2.43. The van der Waals surface area contributed by atoms with Crippen LogP contribution in [0.5, 0.6) is 0 Å². The quantitative estimate of drug-likeness (QED) is 0.735. The Bertz CT molecular complexity index is 245. The third-order valence-corrected chi connectivity index (χ3v) is 4.65. The molecule has 0 aromatic rings. The van der Waals surface area contributed by atoms with Gasteiger partial charge in [0, 0.05) is 31.3 Å². The van der Waals surface area contributed by atoms with Crippen molar-refractivity contribution in [1.29, 1.82) is 0 Å². The standard InChI is InChI=1S/C15H30N2O/c1-13(2)17-14-6-7-15(17)12-16(10-8-14)9-4-3-5-11-18/h13-15,18H,3-12H2,1-2H3. The summed E-state index contributed by atoms with van der Waals surface area (Å²) in [4.78, 5) is 5.43. The van der Waals surface area contributed by atoms with Crippen molar-refractivity contribution in [2.24, 2.45) is 0 Å². The third kappa shape index (κ3) is 3.46. The summed E-state index contributed by atoms with van der Waals surface area (Å²) in [5, 5.41) is 8.81. The van der Waals surface area contributed by atoms with Crippen LogP contribution in [0.4, 0.5) is 0 Å². The molecule has 2 bridgehead atoms. The lowest BCUT2D eigenvalue weighted by molar-refractivity contribution is 0.146. The Morgan fingerprint density at radius 3 is 2.56 bits per heavy atom. The monoisotopic (exact) mass is 254 g/mol. The van der Waals surface area contributed by atoms with E-state index < -0.39 is 0 Å². The minimum atomic E-state index is 0.353. The Morgan fingerprint density at radius 1 is 1.06 bits per heavy atom. The second kappa shape index (κ2) is 6.88. The molecule has 2 fully saturated rings. The molecule has 2 aliphatic heterocycles. The largest absolute Gasteiger partial charge is 0.396 e. The highest BCUT2D eigenvalue weighted by molar-refractivity contribution is 4.94. The molecule has 18 heavy (non-hydrogen) atoms. The van der Waals surface area contributed by atoms with Gasteiger partial charge in [-0.1, -0.05) is 0 Å². The average Bonchev–Trinajstić information content (AvgIpc) is 2.62. The fourth-order valence-corrected chi connectivity index (χ4v) is 3.85. The zero-order chi connectivity index (χ0) is 13.0. The van der Waals surface area contributed by atoms with Crippen molar-refractivity contribution in [3.8, 4) is 0 Å². The van der Waals surface area contributed by atoms with E-state index in [2.05, 4.69) is 23.6 Å². The number of unbranched alkanes of at least 4 members (excludes halogenated alkanes) is 2. The van der Waals surface area contributed by atoms with Crippen LogP contribution in [0.3, 0.4) is 0 Å². The summed E-state index contributed by atoms with van der Waals surface area (Å²) < 4.78 is 0. The molecule has 2 saturated heterocycles. The SMILES string of the molecule is CC(C)N1C2CCC1CN(CCCCCO)CC2. The van der Waals surface area contributed by atoms with E-state index in [0.717, 1.165) is 18.5 Å². The van der Waals surface area contributed by atoms with Crippen LogP contribution in [0, 0.1) is 0 Å². The van der Waals surface area contributed by atoms with Gasteiger partial charge in [-0.05, 0) is 65.5 Å². The van der Waals surface area contributed by atoms with E-state index in [9.17, 15) is 0 Å². The van der Waals surface area contributed by atoms with Crippen LogP contribution in [-0.4, -0.2) is 59.3 Å². The van der Waals surface area contributed by atoms with Crippen molar-refractivity contribution in [2.45, 2.75) is 70.5 Å². The maximum atomic E-state index is 8.81. The Kier molecular flexibility index (Phi) is 5.46. The maximum Gasteiger partial charge on any atom is 0.0431 e. The van der Waals surface area contributed by atoms with Crippen LogP contribution in [-0.2, 0) is 0 Å². The fraction of sp³-hybridized carbons (Fsp3) is 1.00. The molecule has 0 spiro atoms. The zero-order valence-electron chi connectivity index (χ0n) is 12.1. The van der Waals surface area contributed by atoms with Crippen molar-refractivity contribution in [1.82, 2.24) is 9.80 Å². The number of aliphatic hydroxyl groups is 1. The predicted octanol–water partition coefficient (Wildman–Crippen LogP) is 2.10. The number of fused-ring (bicyclic) bond motifs is 2. The van der Waals surface area contributed by atoms with Gasteiger partial charge >= 0.3 is 0 Å². The van der Waals surface area contributed by atoms with Crippen molar-refractivity contribution in [3.63, 3.8) is 0 Å². The average molecular weight is 254 g/mol. The van der Waals surface area contributed by atoms with E-state index >= 15 is 0 Å². The van der Waals surface area contributed by atoms with Crippen molar-refractivity contribution < 1.29 is 5.11 Å². The number of aliphatic hydroxyl groups excluding tert-OH is 1. The van der Waals surface area contributed by atoms with Gasteiger partial charge in [-0.2, -0.15) is 0 Å². The van der Waals surface area contributed by atoms with E-state index in [1.165, 1.54) is 51.7 Å². The molecular formula is C15H30N2O. The Morgan fingerprint density at radius 2 is 1.83 bits per heavy atom. The molecule has 0 saturated carbocycles. The lowest BCUT2D eigenvalue weighted by Gasteiger charge is -2.32. The number of rotatable bonds is 6. The van der Waals surface area contributed by atoms with Gasteiger partial charge in [0.25, 0.3) is 0 Å². The van der Waals surface area contributed by atoms with E-state index in [1.54, 1.807) is 0 Å². The maximum absolute atomic E-state index is 8.81. The molecule has 0 radical (unpaired) electrons. The first-order valence-corrected chi connectivity index (χ1v) is 7.83. The number of nitrogens with zero attached hydrogens (tertiary/aromatic N) is 2. The highest BCUT2D eigenvalue weighted by Gasteiger charge is 2.37. The number of likely N-dealkylation sites (tertiary alicyclic amines) is 1. The first kappa shape index (κ1) is 14.3. The highest BCUT2D eigenvalue weighted by atomic mass is 16.2. The topological polar surface area (TPSA) is 26.7 Å². The first-order chi connectivity index (χ1) is 8.72. The Balaban J connectivity index is 1.80. The summed E-state index contributed by atoms with van der Waals surface area (Å²) in [6, 6.07) is 2.35. The van der Waals surface area contributed by atoms with Crippen LogP contribution in [0.2, 0.25) is 0 Å². The van der Waals surface area contributed by atoms with E-state index in [4.69, 9.17) is 5.11 Å². The highest BCUT2D eigenvalue weighted by Crippen LogP contribution is 2.31. The van der Waals surface area contributed by atoms with Crippen LogP contribution < -0.4 is 0 Å². The molecule has 2 aliphatic rings.